The van der Waals surface area contributed by atoms with Gasteiger partial charge in [0, 0.05) is 0 Å². The Labute approximate surface area is 108 Å². The summed E-state index contributed by atoms with van der Waals surface area (Å²) in [6, 6.07) is 0. The van der Waals surface area contributed by atoms with Crippen molar-refractivity contribution in [1.82, 2.24) is 0 Å². The van der Waals surface area contributed by atoms with Gasteiger partial charge >= 0.3 is 59.1 Å². The van der Waals surface area contributed by atoms with Crippen LogP contribution in [-0.4, -0.2) is 27.4 Å². The average Bonchev–Trinajstić information content (AvgIpc) is 1.00. The molecule has 0 aromatic rings. The molecule has 0 heterocycles. The molecule has 0 unspecified atom stereocenters. The van der Waals surface area contributed by atoms with E-state index in [1.54, 1.807) is 0 Å². The second-order valence-corrected chi connectivity index (χ2v) is 0. The Bertz CT molecular complexity index is 12.9. The molecule has 0 bridgehead atoms. The molecule has 0 spiro atoms. The largest absolute Gasteiger partial charge is 1.00 e. The van der Waals surface area contributed by atoms with Gasteiger partial charge in [0.15, 0.2) is 0 Å². The van der Waals surface area contributed by atoms with Gasteiger partial charge in [0.25, 0.3) is 0 Å². The molecule has 0 aromatic heterocycles. The van der Waals surface area contributed by atoms with E-state index in [9.17, 15) is 0 Å². The third-order valence-electron chi connectivity index (χ3n) is 0. The fraction of sp³-hybridized carbons (Fsp3) is 0. The first kappa shape index (κ1) is 104. The quantitative estimate of drug-likeness (QED) is 0.216. The molecule has 0 rings (SSSR count). The van der Waals surface area contributed by atoms with Crippen LogP contribution in [0.25, 0.3) is 0 Å². The van der Waals surface area contributed by atoms with Crippen molar-refractivity contribution >= 4 is 23.3 Å². The van der Waals surface area contributed by atoms with Crippen molar-refractivity contribution in [2.45, 2.75) is 0 Å². The van der Waals surface area contributed by atoms with Crippen LogP contribution < -0.4 is 59.1 Å². The van der Waals surface area contributed by atoms with Gasteiger partial charge in [-0.1, -0.05) is 0 Å². The predicted octanol–water partition coefficient (Wildman–Crippen LogP) is -10.1. The van der Waals surface area contributed by atoms with E-state index >= 15 is 0 Å². The van der Waals surface area contributed by atoms with Gasteiger partial charge in [-0.25, -0.2) is 0 Å². The summed E-state index contributed by atoms with van der Waals surface area (Å²) in [7, 11) is 0. The van der Waals surface area contributed by atoms with Crippen molar-refractivity contribution < 1.29 is 86.5 Å². The first-order chi connectivity index (χ1) is 1.00. The van der Waals surface area contributed by atoms with Gasteiger partial charge in [-0.3, -0.25) is 0 Å². The van der Waals surface area contributed by atoms with Crippen LogP contribution in [0.1, 0.15) is 0 Å². The van der Waals surface area contributed by atoms with Gasteiger partial charge in [0.2, 0.25) is 0 Å². The average molecular weight is 200 g/mol. The predicted molar refractivity (Wildman–Crippen MR) is 32.8 cm³/mol. The fourth-order valence-corrected chi connectivity index (χ4v) is 0. The van der Waals surface area contributed by atoms with Crippen molar-refractivity contribution in [3.8, 4) is 0 Å². The number of hydrogen-bond acceptors (Lipinski definition) is 2. The van der Waals surface area contributed by atoms with Gasteiger partial charge in [0.1, 0.15) is 0 Å². The molecule has 0 aromatic carbocycles. The van der Waals surface area contributed by atoms with Crippen LogP contribution in [0.15, 0.2) is 0 Å². The Hall–Kier alpha value is 2.50. The molecule has 10 N–H and O–H groups in total. The second-order valence-electron chi connectivity index (χ2n) is 0. The molecule has 0 atom stereocenters. The zero-order valence-corrected chi connectivity index (χ0v) is 10.9. The van der Waals surface area contributed by atoms with Crippen LogP contribution in [0.2, 0.25) is 0 Å². The first-order valence-electron chi connectivity index (χ1n) is 0.167. The molecule has 54 valence electrons. The van der Waals surface area contributed by atoms with E-state index in [0.29, 0.717) is 0 Å². The summed E-state index contributed by atoms with van der Waals surface area (Å²) >= 11 is 7.33. The van der Waals surface area contributed by atoms with Crippen molar-refractivity contribution in [2.24, 2.45) is 0 Å². The second kappa shape index (κ2) is 152. The summed E-state index contributed by atoms with van der Waals surface area (Å²) in [6.07, 6.45) is 0. The normalized spacial score (nSPS) is 0.667. The smallest absolute Gasteiger partial charge is 1.00 e. The SMILES string of the molecule is O.O.O.O.O.[Na+].[Na+].[S-][S-]. The van der Waals surface area contributed by atoms with Crippen LogP contribution >= 0.6 is 0 Å². The third-order valence-corrected chi connectivity index (χ3v) is 0. The molecule has 0 aliphatic heterocycles. The van der Waals surface area contributed by atoms with Crippen LogP contribution in [0.3, 0.4) is 0 Å². The maximum Gasteiger partial charge on any atom is 1.00 e. The minimum Gasteiger partial charge on any atom is -1.00 e. The minimum atomic E-state index is 0. The van der Waals surface area contributed by atoms with Gasteiger partial charge in [-0.15, -0.1) is 0 Å². The molecule has 0 aliphatic rings. The molecule has 0 aliphatic carbocycles. The van der Waals surface area contributed by atoms with E-state index in [0.717, 1.165) is 0 Å². The van der Waals surface area contributed by atoms with E-state index in [4.69, 9.17) is 0 Å². The maximum atomic E-state index is 3.67. The van der Waals surface area contributed by atoms with Crippen molar-refractivity contribution in [3.05, 3.63) is 0 Å². The van der Waals surface area contributed by atoms with Crippen LogP contribution in [0.4, 0.5) is 0 Å². The minimum absolute atomic E-state index is 0. The van der Waals surface area contributed by atoms with E-state index < -0.39 is 0 Å². The van der Waals surface area contributed by atoms with E-state index in [2.05, 4.69) is 23.3 Å². The summed E-state index contributed by atoms with van der Waals surface area (Å²) in [6.45, 7) is 0. The number of rotatable bonds is 0. The van der Waals surface area contributed by atoms with Crippen LogP contribution in [0, 0.1) is 0 Å². The molecule has 9 heavy (non-hydrogen) atoms. The molecule has 0 fully saturated rings. The Morgan fingerprint density at radius 2 is 0.444 bits per heavy atom. The first-order valence-corrected chi connectivity index (χ1v) is 1.50. The van der Waals surface area contributed by atoms with E-state index in [-0.39, 0.29) is 86.5 Å². The van der Waals surface area contributed by atoms with Crippen molar-refractivity contribution in [2.75, 3.05) is 0 Å². The molecular weight excluding hydrogens is 190 g/mol. The molecule has 0 saturated heterocycles. The third kappa shape index (κ3) is 121. The Balaban J connectivity index is -0.000000000238. The standard InChI is InChI=1S/2Na.5H2O.S2/c;;;;;;;1-2/h;;5*1H2;/q2*+1;;;;;;-2. The molecule has 9 heteroatoms. The molecule has 0 radical (unpaired) electrons. The topological polar surface area (TPSA) is 158 Å². The van der Waals surface area contributed by atoms with Gasteiger partial charge < -0.3 is 50.7 Å². The molecule has 5 nitrogen and oxygen atoms in total. The molecular formula is H10Na2O5S2. The van der Waals surface area contributed by atoms with Crippen molar-refractivity contribution in [1.29, 1.82) is 0 Å². The summed E-state index contributed by atoms with van der Waals surface area (Å²) < 4.78 is 0. The van der Waals surface area contributed by atoms with Gasteiger partial charge in [0.05, 0.1) is 0 Å². The molecule has 0 saturated carbocycles. The van der Waals surface area contributed by atoms with E-state index in [1.165, 1.54) is 0 Å². The van der Waals surface area contributed by atoms with Crippen LogP contribution in [-0.2, 0) is 23.3 Å². The molecule has 0 amide bonds. The van der Waals surface area contributed by atoms with E-state index in [1.807, 2.05) is 0 Å². The maximum absolute atomic E-state index is 3.67. The summed E-state index contributed by atoms with van der Waals surface area (Å²) in [4.78, 5) is 0. The summed E-state index contributed by atoms with van der Waals surface area (Å²) in [5.74, 6) is 0. The van der Waals surface area contributed by atoms with Gasteiger partial charge in [-0.05, 0) is 0 Å². The Morgan fingerprint density at radius 1 is 0.444 bits per heavy atom. The summed E-state index contributed by atoms with van der Waals surface area (Å²) in [5.41, 5.74) is 0. The van der Waals surface area contributed by atoms with Gasteiger partial charge in [-0.2, -0.15) is 0 Å². The Morgan fingerprint density at radius 3 is 0.444 bits per heavy atom. The number of hydrogen-bond donors (Lipinski definition) is 0. The zero-order chi connectivity index (χ0) is 2.00. The van der Waals surface area contributed by atoms with Crippen LogP contribution in [0.5, 0.6) is 0 Å². The monoisotopic (exact) mass is 200 g/mol. The zero-order valence-electron chi connectivity index (χ0n) is 5.32. The fourth-order valence-electron chi connectivity index (χ4n) is 0. The summed E-state index contributed by atoms with van der Waals surface area (Å²) in [5, 5.41) is 0. The Kier molecular flexibility index (Phi) is 1740. The van der Waals surface area contributed by atoms with Crippen molar-refractivity contribution in [3.63, 3.8) is 0 Å².